The summed E-state index contributed by atoms with van der Waals surface area (Å²) in [5, 5.41) is 10.7. The maximum absolute atomic E-state index is 10.7. The molecule has 0 spiro atoms. The van der Waals surface area contributed by atoms with E-state index in [9.17, 15) is 10.1 Å². The van der Waals surface area contributed by atoms with Crippen LogP contribution in [0.3, 0.4) is 0 Å². The largest absolute Gasteiger partial charge is 0.264 e. The zero-order valence-electron chi connectivity index (χ0n) is 8.27. The van der Waals surface area contributed by atoms with Crippen molar-refractivity contribution in [1.82, 2.24) is 0 Å². The molecule has 0 aromatic carbocycles. The lowest BCUT2D eigenvalue weighted by Gasteiger charge is -2.23. The first-order valence-corrected chi connectivity index (χ1v) is 4.89. The Morgan fingerprint density at radius 1 is 1.46 bits per heavy atom. The third-order valence-electron chi connectivity index (χ3n) is 2.57. The Kier molecular flexibility index (Phi) is 3.46. The molecule has 0 N–H and O–H groups in total. The normalized spacial score (nSPS) is 27.9. The highest BCUT2D eigenvalue weighted by atomic mass is 16.6. The second-order valence-corrected chi connectivity index (χ2v) is 4.19. The van der Waals surface area contributed by atoms with Crippen LogP contribution in [0.4, 0.5) is 0 Å². The van der Waals surface area contributed by atoms with Gasteiger partial charge < -0.3 is 0 Å². The summed E-state index contributed by atoms with van der Waals surface area (Å²) in [6.07, 6.45) is 6.47. The van der Waals surface area contributed by atoms with Gasteiger partial charge in [0, 0.05) is 17.3 Å². The van der Waals surface area contributed by atoms with E-state index in [1.54, 1.807) is 0 Å². The monoisotopic (exact) mass is 183 g/mol. The van der Waals surface area contributed by atoms with E-state index in [0.29, 0.717) is 12.3 Å². The highest BCUT2D eigenvalue weighted by molar-refractivity contribution is 4.95. The molecule has 0 heterocycles. The fourth-order valence-electron chi connectivity index (χ4n) is 1.97. The Morgan fingerprint density at radius 3 is 2.62 bits per heavy atom. The van der Waals surface area contributed by atoms with Crippen molar-refractivity contribution in [1.29, 1.82) is 0 Å². The molecule has 1 rings (SSSR count). The molecule has 0 bridgehead atoms. The lowest BCUT2D eigenvalue weighted by molar-refractivity contribution is -0.532. The molecular formula is C10H17NO2. The van der Waals surface area contributed by atoms with Gasteiger partial charge in [-0.3, -0.25) is 10.1 Å². The Balaban J connectivity index is 2.58. The summed E-state index contributed by atoms with van der Waals surface area (Å²) in [6, 6.07) is -0.340. The minimum absolute atomic E-state index is 0.115. The summed E-state index contributed by atoms with van der Waals surface area (Å²) in [6.45, 7) is 4.24. The van der Waals surface area contributed by atoms with Crippen LogP contribution in [0.15, 0.2) is 12.2 Å². The van der Waals surface area contributed by atoms with Crippen molar-refractivity contribution in [2.75, 3.05) is 0 Å². The van der Waals surface area contributed by atoms with Crippen molar-refractivity contribution in [2.45, 2.75) is 39.2 Å². The van der Waals surface area contributed by atoms with Crippen LogP contribution >= 0.6 is 0 Å². The van der Waals surface area contributed by atoms with E-state index >= 15 is 0 Å². The smallest absolute Gasteiger partial charge is 0.219 e. The molecule has 1 aliphatic carbocycles. The van der Waals surface area contributed by atoms with Crippen LogP contribution in [0.25, 0.3) is 0 Å². The molecule has 3 heteroatoms. The Hall–Kier alpha value is -0.860. The Morgan fingerprint density at radius 2 is 2.08 bits per heavy atom. The van der Waals surface area contributed by atoms with Gasteiger partial charge in [0.05, 0.1) is 0 Å². The molecule has 0 radical (unpaired) electrons. The minimum Gasteiger partial charge on any atom is -0.264 e. The Bertz CT molecular complexity index is 211. The summed E-state index contributed by atoms with van der Waals surface area (Å²) < 4.78 is 0. The van der Waals surface area contributed by atoms with Crippen LogP contribution in [-0.4, -0.2) is 11.0 Å². The van der Waals surface area contributed by atoms with Crippen molar-refractivity contribution in [3.05, 3.63) is 22.3 Å². The second-order valence-electron chi connectivity index (χ2n) is 4.19. The van der Waals surface area contributed by atoms with E-state index in [0.717, 1.165) is 12.8 Å². The average molecular weight is 183 g/mol. The minimum atomic E-state index is -0.340. The van der Waals surface area contributed by atoms with Gasteiger partial charge in [0.15, 0.2) is 0 Å². The molecule has 0 amide bonds. The van der Waals surface area contributed by atoms with Crippen LogP contribution in [0.5, 0.6) is 0 Å². The fourth-order valence-corrected chi connectivity index (χ4v) is 1.97. The highest BCUT2D eigenvalue weighted by Gasteiger charge is 2.31. The van der Waals surface area contributed by atoms with Crippen LogP contribution in [0.2, 0.25) is 0 Å². The Labute approximate surface area is 79.0 Å². The fraction of sp³-hybridized carbons (Fsp3) is 0.800. The molecule has 0 aliphatic heterocycles. The zero-order valence-corrected chi connectivity index (χ0v) is 8.27. The lowest BCUT2D eigenvalue weighted by Crippen LogP contribution is -2.31. The van der Waals surface area contributed by atoms with Crippen molar-refractivity contribution < 1.29 is 4.92 Å². The molecule has 2 unspecified atom stereocenters. The predicted octanol–water partition coefficient (Wildman–Crippen LogP) is 2.64. The summed E-state index contributed by atoms with van der Waals surface area (Å²) >= 11 is 0. The quantitative estimate of drug-likeness (QED) is 0.383. The van der Waals surface area contributed by atoms with Crippen LogP contribution < -0.4 is 0 Å². The summed E-state index contributed by atoms with van der Waals surface area (Å²) in [5.74, 6) is 0.805. The molecule has 0 aromatic rings. The first-order chi connectivity index (χ1) is 6.11. The molecular weight excluding hydrogens is 166 g/mol. The van der Waals surface area contributed by atoms with Gasteiger partial charge in [-0.25, -0.2) is 0 Å². The number of nitro groups is 1. The first-order valence-electron chi connectivity index (χ1n) is 4.89. The van der Waals surface area contributed by atoms with Gasteiger partial charge in [-0.2, -0.15) is 0 Å². The SMILES string of the molecule is CC(C)CC1CC=CCC1[N+](=O)[O-]. The van der Waals surface area contributed by atoms with Crippen LogP contribution in [0, 0.1) is 22.0 Å². The van der Waals surface area contributed by atoms with Crippen molar-refractivity contribution in [3.63, 3.8) is 0 Å². The van der Waals surface area contributed by atoms with Gasteiger partial charge in [0.2, 0.25) is 6.04 Å². The summed E-state index contributed by atoms with van der Waals surface area (Å²) in [7, 11) is 0. The van der Waals surface area contributed by atoms with Gasteiger partial charge in [-0.1, -0.05) is 26.0 Å². The number of hydrogen-bond acceptors (Lipinski definition) is 2. The molecule has 0 fully saturated rings. The van der Waals surface area contributed by atoms with E-state index in [2.05, 4.69) is 19.9 Å². The highest BCUT2D eigenvalue weighted by Crippen LogP contribution is 2.27. The summed E-state index contributed by atoms with van der Waals surface area (Å²) in [5.41, 5.74) is 0. The third-order valence-corrected chi connectivity index (χ3v) is 2.57. The molecule has 1 aliphatic rings. The van der Waals surface area contributed by atoms with Gasteiger partial charge >= 0.3 is 0 Å². The average Bonchev–Trinajstić information content (AvgIpc) is 2.03. The third kappa shape index (κ3) is 2.83. The number of hydrogen-bond donors (Lipinski definition) is 0. The molecule has 0 saturated heterocycles. The lowest BCUT2D eigenvalue weighted by atomic mass is 9.83. The van der Waals surface area contributed by atoms with E-state index < -0.39 is 0 Å². The van der Waals surface area contributed by atoms with Gasteiger partial charge in [0.1, 0.15) is 0 Å². The van der Waals surface area contributed by atoms with Crippen molar-refractivity contribution >= 4 is 0 Å². The number of nitrogens with zero attached hydrogens (tertiary/aromatic N) is 1. The second kappa shape index (κ2) is 4.40. The molecule has 0 saturated carbocycles. The van der Waals surface area contributed by atoms with E-state index in [-0.39, 0.29) is 16.9 Å². The number of allylic oxidation sites excluding steroid dienone is 1. The maximum atomic E-state index is 10.7. The van der Waals surface area contributed by atoms with Crippen LogP contribution in [0.1, 0.15) is 33.1 Å². The van der Waals surface area contributed by atoms with Gasteiger partial charge in [-0.15, -0.1) is 0 Å². The van der Waals surface area contributed by atoms with Gasteiger partial charge in [-0.05, 0) is 18.8 Å². The van der Waals surface area contributed by atoms with E-state index in [1.807, 2.05) is 6.08 Å². The van der Waals surface area contributed by atoms with Gasteiger partial charge in [0.25, 0.3) is 0 Å². The van der Waals surface area contributed by atoms with Crippen molar-refractivity contribution in [3.8, 4) is 0 Å². The van der Waals surface area contributed by atoms with E-state index in [4.69, 9.17) is 0 Å². The first kappa shape index (κ1) is 10.2. The standard InChI is InChI=1S/C10H17NO2/c1-8(2)7-9-5-3-4-6-10(9)11(12)13/h3-4,8-10H,5-7H2,1-2H3. The topological polar surface area (TPSA) is 43.1 Å². The number of rotatable bonds is 3. The van der Waals surface area contributed by atoms with E-state index in [1.165, 1.54) is 0 Å². The zero-order chi connectivity index (χ0) is 9.84. The molecule has 74 valence electrons. The molecule has 3 nitrogen and oxygen atoms in total. The predicted molar refractivity (Wildman–Crippen MR) is 52.1 cm³/mol. The van der Waals surface area contributed by atoms with Crippen molar-refractivity contribution in [2.24, 2.45) is 11.8 Å². The maximum Gasteiger partial charge on any atom is 0.219 e. The van der Waals surface area contributed by atoms with Crippen LogP contribution in [-0.2, 0) is 0 Å². The molecule has 13 heavy (non-hydrogen) atoms. The summed E-state index contributed by atoms with van der Waals surface area (Å²) in [4.78, 5) is 10.6. The molecule has 2 atom stereocenters. The molecule has 0 aromatic heterocycles.